The first-order valence-electron chi connectivity index (χ1n) is 9.87. The molecule has 0 aliphatic carbocycles. The molecule has 0 unspecified atom stereocenters. The summed E-state index contributed by atoms with van der Waals surface area (Å²) in [5, 5.41) is 0. The van der Waals surface area contributed by atoms with E-state index in [2.05, 4.69) is 0 Å². The maximum Gasteiger partial charge on any atom is 0.193 e. The lowest BCUT2D eigenvalue weighted by Gasteiger charge is -2.21. The van der Waals surface area contributed by atoms with E-state index in [-0.39, 0.29) is 22.9 Å². The van der Waals surface area contributed by atoms with Crippen LogP contribution in [0.15, 0.2) is 42.5 Å². The van der Waals surface area contributed by atoms with Crippen LogP contribution in [-0.4, -0.2) is 24.0 Å². The second-order valence-corrected chi connectivity index (χ2v) is 9.21. The van der Waals surface area contributed by atoms with Crippen molar-refractivity contribution in [3.05, 3.63) is 64.7 Å². The molecule has 2 aromatic rings. The number of ketones is 3. The molecule has 0 bridgehead atoms. The summed E-state index contributed by atoms with van der Waals surface area (Å²) in [6.07, 6.45) is 0. The van der Waals surface area contributed by atoms with Gasteiger partial charge in [0.2, 0.25) is 0 Å². The zero-order chi connectivity index (χ0) is 22.0. The highest BCUT2D eigenvalue weighted by Crippen LogP contribution is 2.29. The summed E-state index contributed by atoms with van der Waals surface area (Å²) in [5.74, 6) is 0.187. The van der Waals surface area contributed by atoms with Gasteiger partial charge in [-0.25, -0.2) is 0 Å². The van der Waals surface area contributed by atoms with Gasteiger partial charge in [0.25, 0.3) is 0 Å². The third-order valence-electron chi connectivity index (χ3n) is 4.56. The smallest absolute Gasteiger partial charge is 0.193 e. The summed E-state index contributed by atoms with van der Waals surface area (Å²) >= 11 is 0. The fraction of sp³-hybridized carbons (Fsp3) is 0.400. The fourth-order valence-corrected chi connectivity index (χ4v) is 2.93. The van der Waals surface area contributed by atoms with E-state index in [1.165, 1.54) is 0 Å². The van der Waals surface area contributed by atoms with Crippen LogP contribution in [0.2, 0.25) is 0 Å². The number of rotatable bonds is 6. The number of Topliss-reactive ketones (excluding diaryl/α,β-unsaturated/α-hetero) is 2. The molecule has 0 N–H and O–H groups in total. The van der Waals surface area contributed by atoms with Gasteiger partial charge in [-0.15, -0.1) is 0 Å². The summed E-state index contributed by atoms with van der Waals surface area (Å²) in [7, 11) is 0. The minimum Gasteiger partial charge on any atom is -0.494 e. The molecule has 0 heterocycles. The quantitative estimate of drug-likeness (QED) is 0.583. The lowest BCUT2D eigenvalue weighted by Crippen LogP contribution is -2.25. The normalized spacial score (nSPS) is 11.8. The zero-order valence-corrected chi connectivity index (χ0v) is 18.4. The number of carbonyl (C=O) groups excluding carboxylic acids is 3. The van der Waals surface area contributed by atoms with Crippen molar-refractivity contribution >= 4 is 17.3 Å². The molecule has 4 heteroatoms. The lowest BCUT2D eigenvalue weighted by atomic mass is 9.80. The third kappa shape index (κ3) is 5.20. The van der Waals surface area contributed by atoms with Crippen molar-refractivity contribution in [3.8, 4) is 5.75 Å². The lowest BCUT2D eigenvalue weighted by molar-refractivity contribution is 0.0850. The van der Waals surface area contributed by atoms with Crippen molar-refractivity contribution < 1.29 is 19.1 Å². The van der Waals surface area contributed by atoms with E-state index in [1.54, 1.807) is 63.2 Å². The Hall–Kier alpha value is -2.75. The zero-order valence-electron chi connectivity index (χ0n) is 18.4. The van der Waals surface area contributed by atoms with Crippen LogP contribution >= 0.6 is 0 Å². The number of benzene rings is 2. The van der Waals surface area contributed by atoms with Crippen molar-refractivity contribution in [1.29, 1.82) is 0 Å². The Bertz CT molecular complexity index is 923. The van der Waals surface area contributed by atoms with Crippen LogP contribution in [0.3, 0.4) is 0 Å². The van der Waals surface area contributed by atoms with E-state index >= 15 is 0 Å². The van der Waals surface area contributed by atoms with E-state index in [0.717, 1.165) is 0 Å². The predicted octanol–water partition coefficient (Wildman–Crippen LogP) is 5.77. The van der Waals surface area contributed by atoms with Gasteiger partial charge in [-0.1, -0.05) is 47.6 Å². The highest BCUT2D eigenvalue weighted by Gasteiger charge is 2.30. The number of hydrogen-bond acceptors (Lipinski definition) is 4. The summed E-state index contributed by atoms with van der Waals surface area (Å²) in [6.45, 7) is 13.3. The van der Waals surface area contributed by atoms with Gasteiger partial charge in [0.05, 0.1) is 6.61 Å². The number of hydrogen-bond donors (Lipinski definition) is 0. The van der Waals surface area contributed by atoms with Crippen LogP contribution in [0, 0.1) is 10.8 Å². The van der Waals surface area contributed by atoms with Gasteiger partial charge >= 0.3 is 0 Å². The molecule has 0 aliphatic heterocycles. The first-order valence-corrected chi connectivity index (χ1v) is 9.87. The molecule has 29 heavy (non-hydrogen) atoms. The Balaban J connectivity index is 2.56. The Kier molecular flexibility index (Phi) is 6.46. The summed E-state index contributed by atoms with van der Waals surface area (Å²) in [5.41, 5.74) is 0.227. The standard InChI is InChI=1S/C25H30O4/c1-8-29-18-12-9-16(10-13-18)21(26)19-14-11-17(22(27)24(2,3)4)15-20(19)23(28)25(5,6)7/h9-15H,8H2,1-7H3. The maximum absolute atomic E-state index is 13.2. The Morgan fingerprint density at radius 1 is 0.724 bits per heavy atom. The van der Waals surface area contributed by atoms with E-state index in [0.29, 0.717) is 29.0 Å². The molecule has 4 nitrogen and oxygen atoms in total. The highest BCUT2D eigenvalue weighted by atomic mass is 16.5. The Morgan fingerprint density at radius 3 is 1.72 bits per heavy atom. The Morgan fingerprint density at radius 2 is 1.24 bits per heavy atom. The second-order valence-electron chi connectivity index (χ2n) is 9.21. The summed E-state index contributed by atoms with van der Waals surface area (Å²) in [4.78, 5) is 39.0. The van der Waals surface area contributed by atoms with Gasteiger partial charge in [-0.3, -0.25) is 14.4 Å². The van der Waals surface area contributed by atoms with Gasteiger partial charge in [0.1, 0.15) is 5.75 Å². The van der Waals surface area contributed by atoms with Crippen LogP contribution in [0.25, 0.3) is 0 Å². The SMILES string of the molecule is CCOc1ccc(C(=O)c2ccc(C(=O)C(C)(C)C)cc2C(=O)C(C)(C)C)cc1. The monoisotopic (exact) mass is 394 g/mol. The molecule has 0 amide bonds. The first-order chi connectivity index (χ1) is 13.4. The molecule has 2 aromatic carbocycles. The van der Waals surface area contributed by atoms with Crippen molar-refractivity contribution in [2.24, 2.45) is 10.8 Å². The van der Waals surface area contributed by atoms with Crippen LogP contribution < -0.4 is 4.74 Å². The molecular weight excluding hydrogens is 364 g/mol. The molecule has 0 saturated heterocycles. The molecule has 0 aliphatic rings. The fourth-order valence-electron chi connectivity index (χ4n) is 2.93. The van der Waals surface area contributed by atoms with E-state index in [1.807, 2.05) is 27.7 Å². The third-order valence-corrected chi connectivity index (χ3v) is 4.56. The van der Waals surface area contributed by atoms with Gasteiger partial charge < -0.3 is 4.74 Å². The van der Waals surface area contributed by atoms with E-state index in [9.17, 15) is 14.4 Å². The minimum absolute atomic E-state index is 0.0690. The molecule has 0 radical (unpaired) electrons. The topological polar surface area (TPSA) is 60.4 Å². The van der Waals surface area contributed by atoms with E-state index in [4.69, 9.17) is 4.74 Å². The average Bonchev–Trinajstić information content (AvgIpc) is 2.65. The molecule has 0 aromatic heterocycles. The van der Waals surface area contributed by atoms with Crippen LogP contribution in [0.1, 0.15) is 85.1 Å². The second kappa shape index (κ2) is 8.32. The van der Waals surface area contributed by atoms with Crippen molar-refractivity contribution in [2.75, 3.05) is 6.61 Å². The van der Waals surface area contributed by atoms with E-state index < -0.39 is 10.8 Å². The van der Waals surface area contributed by atoms with Gasteiger partial charge in [-0.05, 0) is 43.3 Å². The van der Waals surface area contributed by atoms with Crippen LogP contribution in [0.4, 0.5) is 0 Å². The van der Waals surface area contributed by atoms with Gasteiger partial charge in [0, 0.05) is 33.1 Å². The molecule has 0 spiro atoms. The highest BCUT2D eigenvalue weighted by molar-refractivity contribution is 6.17. The number of carbonyl (C=O) groups is 3. The molecule has 0 saturated carbocycles. The van der Waals surface area contributed by atoms with Crippen LogP contribution in [0.5, 0.6) is 5.75 Å². The maximum atomic E-state index is 13.2. The molecule has 0 atom stereocenters. The van der Waals surface area contributed by atoms with Gasteiger partial charge in [0.15, 0.2) is 17.3 Å². The number of ether oxygens (including phenoxy) is 1. The van der Waals surface area contributed by atoms with Crippen molar-refractivity contribution in [2.45, 2.75) is 48.5 Å². The molecular formula is C25H30O4. The predicted molar refractivity (Wildman–Crippen MR) is 115 cm³/mol. The molecule has 154 valence electrons. The van der Waals surface area contributed by atoms with Gasteiger partial charge in [-0.2, -0.15) is 0 Å². The largest absolute Gasteiger partial charge is 0.494 e. The molecule has 2 rings (SSSR count). The van der Waals surface area contributed by atoms with Crippen molar-refractivity contribution in [3.63, 3.8) is 0 Å². The Labute approximate surface area is 173 Å². The average molecular weight is 395 g/mol. The first kappa shape index (κ1) is 22.5. The van der Waals surface area contributed by atoms with Crippen LogP contribution in [-0.2, 0) is 0 Å². The summed E-state index contributed by atoms with van der Waals surface area (Å²) < 4.78 is 5.42. The molecule has 0 fully saturated rings. The summed E-state index contributed by atoms with van der Waals surface area (Å²) in [6, 6.07) is 11.6. The van der Waals surface area contributed by atoms with Crippen molar-refractivity contribution in [1.82, 2.24) is 0 Å². The minimum atomic E-state index is -0.683.